The minimum atomic E-state index is -0.908. The number of hydrogen-bond acceptors (Lipinski definition) is 3. The molecule has 2 aromatic rings. The minimum Gasteiger partial charge on any atom is -0.478 e. The zero-order valence-electron chi connectivity index (χ0n) is 10.9. The Kier molecular flexibility index (Phi) is 2.98. The van der Waals surface area contributed by atoms with Gasteiger partial charge in [-0.2, -0.15) is 0 Å². The smallest absolute Gasteiger partial charge is 0.337 e. The molecule has 1 N–H and O–H groups in total. The first-order valence-electron chi connectivity index (χ1n) is 5.73. The highest BCUT2D eigenvalue weighted by Crippen LogP contribution is 2.18. The minimum absolute atomic E-state index is 0.326. The molecule has 0 radical (unpaired) electrons. The molecule has 0 aromatic carbocycles. The number of hydrogen-bond donors (Lipinski definition) is 1. The van der Waals surface area contributed by atoms with Gasteiger partial charge in [-0.25, -0.2) is 9.78 Å². The lowest BCUT2D eigenvalue weighted by Crippen LogP contribution is -2.06. The lowest BCUT2D eigenvalue weighted by molar-refractivity contribution is 0.0696. The molecular formula is C13H16N2O3. The first-order valence-corrected chi connectivity index (χ1v) is 5.73. The second kappa shape index (κ2) is 4.33. The normalized spacial score (nSPS) is 10.9. The fourth-order valence-corrected chi connectivity index (χ4v) is 2.00. The standard InChI is InChI=1S/C13H16N2O3/c1-7-5-11(13(16)17)9(3)15(7)6-12-14-8(2)10(4)18-12/h5H,6H2,1-4H3,(H,16,17). The van der Waals surface area contributed by atoms with E-state index in [1.54, 1.807) is 13.0 Å². The topological polar surface area (TPSA) is 68.3 Å². The highest BCUT2D eigenvalue weighted by atomic mass is 16.4. The van der Waals surface area contributed by atoms with Gasteiger partial charge in [0, 0.05) is 11.4 Å². The molecule has 0 aliphatic carbocycles. The predicted octanol–water partition coefficient (Wildman–Crippen LogP) is 2.46. The van der Waals surface area contributed by atoms with Crippen LogP contribution in [0.4, 0.5) is 0 Å². The molecule has 5 heteroatoms. The number of nitrogens with zero attached hydrogens (tertiary/aromatic N) is 2. The van der Waals surface area contributed by atoms with Crippen molar-refractivity contribution in [1.29, 1.82) is 0 Å². The molecule has 0 aliphatic rings. The van der Waals surface area contributed by atoms with E-state index in [2.05, 4.69) is 4.98 Å². The summed E-state index contributed by atoms with van der Waals surface area (Å²) in [6.45, 7) is 7.88. The van der Waals surface area contributed by atoms with E-state index in [1.807, 2.05) is 25.3 Å². The summed E-state index contributed by atoms with van der Waals surface area (Å²) in [5.41, 5.74) is 2.80. The molecule has 0 atom stereocenters. The van der Waals surface area contributed by atoms with Gasteiger partial charge in [-0.15, -0.1) is 0 Å². The van der Waals surface area contributed by atoms with Crippen LogP contribution in [-0.2, 0) is 6.54 Å². The van der Waals surface area contributed by atoms with E-state index in [0.29, 0.717) is 23.7 Å². The summed E-state index contributed by atoms with van der Waals surface area (Å²) in [6, 6.07) is 1.67. The van der Waals surface area contributed by atoms with Gasteiger partial charge in [0.25, 0.3) is 0 Å². The SMILES string of the molecule is Cc1nc(Cn2c(C)cc(C(=O)O)c2C)oc1C. The maximum atomic E-state index is 11.0. The van der Waals surface area contributed by atoms with Gasteiger partial charge in [0.05, 0.1) is 17.8 Å². The molecule has 0 saturated heterocycles. The number of carbonyl (C=O) groups is 1. The van der Waals surface area contributed by atoms with Gasteiger partial charge < -0.3 is 14.1 Å². The third kappa shape index (κ3) is 2.03. The van der Waals surface area contributed by atoms with E-state index < -0.39 is 5.97 Å². The Labute approximate surface area is 105 Å². The Balaban J connectivity index is 2.37. The number of oxazole rings is 1. The zero-order chi connectivity index (χ0) is 13.4. The molecular weight excluding hydrogens is 232 g/mol. The van der Waals surface area contributed by atoms with Crippen LogP contribution in [-0.4, -0.2) is 20.6 Å². The molecule has 0 spiro atoms. The van der Waals surface area contributed by atoms with Crippen molar-refractivity contribution in [2.75, 3.05) is 0 Å². The molecule has 0 aliphatic heterocycles. The van der Waals surface area contributed by atoms with Gasteiger partial charge in [-0.3, -0.25) is 0 Å². The van der Waals surface area contributed by atoms with Crippen molar-refractivity contribution >= 4 is 5.97 Å². The third-order valence-corrected chi connectivity index (χ3v) is 3.17. The molecule has 0 unspecified atom stereocenters. The highest BCUT2D eigenvalue weighted by molar-refractivity contribution is 5.89. The van der Waals surface area contributed by atoms with Gasteiger partial charge in [-0.1, -0.05) is 0 Å². The first-order chi connectivity index (χ1) is 8.40. The number of aromatic nitrogens is 2. The molecule has 0 bridgehead atoms. The Morgan fingerprint density at radius 1 is 1.39 bits per heavy atom. The van der Waals surface area contributed by atoms with Crippen molar-refractivity contribution in [3.63, 3.8) is 0 Å². The second-order valence-corrected chi connectivity index (χ2v) is 4.43. The van der Waals surface area contributed by atoms with Crippen molar-refractivity contribution in [3.8, 4) is 0 Å². The summed E-state index contributed by atoms with van der Waals surface area (Å²) in [7, 11) is 0. The predicted molar refractivity (Wildman–Crippen MR) is 65.9 cm³/mol. The Morgan fingerprint density at radius 3 is 2.50 bits per heavy atom. The lowest BCUT2D eigenvalue weighted by Gasteiger charge is -2.06. The Morgan fingerprint density at radius 2 is 2.06 bits per heavy atom. The molecule has 2 heterocycles. The average molecular weight is 248 g/mol. The first kappa shape index (κ1) is 12.4. The zero-order valence-corrected chi connectivity index (χ0v) is 10.9. The van der Waals surface area contributed by atoms with Crippen molar-refractivity contribution in [3.05, 3.63) is 40.4 Å². The van der Waals surface area contributed by atoms with E-state index in [-0.39, 0.29) is 0 Å². The van der Waals surface area contributed by atoms with Crippen LogP contribution in [0, 0.1) is 27.7 Å². The van der Waals surface area contributed by atoms with E-state index in [1.165, 1.54) is 0 Å². The van der Waals surface area contributed by atoms with Crippen LogP contribution in [0.1, 0.15) is 39.1 Å². The van der Waals surface area contributed by atoms with Gasteiger partial charge in [-0.05, 0) is 33.8 Å². The van der Waals surface area contributed by atoms with Crippen molar-refractivity contribution < 1.29 is 14.3 Å². The number of rotatable bonds is 3. The van der Waals surface area contributed by atoms with Crippen molar-refractivity contribution in [2.45, 2.75) is 34.2 Å². The number of carboxylic acids is 1. The fraction of sp³-hybridized carbons (Fsp3) is 0.385. The Hall–Kier alpha value is -2.04. The Bertz CT molecular complexity index is 589. The largest absolute Gasteiger partial charge is 0.478 e. The van der Waals surface area contributed by atoms with E-state index in [9.17, 15) is 4.79 Å². The lowest BCUT2D eigenvalue weighted by atomic mass is 10.2. The van der Waals surface area contributed by atoms with Crippen LogP contribution in [0.15, 0.2) is 10.5 Å². The van der Waals surface area contributed by atoms with Gasteiger partial charge in [0.1, 0.15) is 5.76 Å². The summed E-state index contributed by atoms with van der Waals surface area (Å²) >= 11 is 0. The molecule has 0 fully saturated rings. The summed E-state index contributed by atoms with van der Waals surface area (Å²) in [6.07, 6.45) is 0. The summed E-state index contributed by atoms with van der Waals surface area (Å²) in [5.74, 6) is 0.490. The molecule has 18 heavy (non-hydrogen) atoms. The van der Waals surface area contributed by atoms with Crippen LogP contribution in [0.5, 0.6) is 0 Å². The molecule has 0 amide bonds. The van der Waals surface area contributed by atoms with Crippen molar-refractivity contribution in [2.24, 2.45) is 0 Å². The van der Waals surface area contributed by atoms with Crippen LogP contribution < -0.4 is 0 Å². The third-order valence-electron chi connectivity index (χ3n) is 3.17. The maximum Gasteiger partial charge on any atom is 0.337 e. The van der Waals surface area contributed by atoms with Crippen LogP contribution in [0.2, 0.25) is 0 Å². The van der Waals surface area contributed by atoms with Crippen LogP contribution >= 0.6 is 0 Å². The summed E-state index contributed by atoms with van der Waals surface area (Å²) in [5, 5.41) is 9.07. The number of aryl methyl sites for hydroxylation is 3. The molecule has 2 rings (SSSR count). The summed E-state index contributed by atoms with van der Waals surface area (Å²) in [4.78, 5) is 15.4. The monoisotopic (exact) mass is 248 g/mol. The highest BCUT2D eigenvalue weighted by Gasteiger charge is 2.16. The number of carboxylic acid groups (broad SMARTS) is 1. The van der Waals surface area contributed by atoms with Gasteiger partial charge in [0.15, 0.2) is 0 Å². The molecule has 2 aromatic heterocycles. The maximum absolute atomic E-state index is 11.0. The molecule has 0 saturated carbocycles. The van der Waals surface area contributed by atoms with Gasteiger partial charge >= 0.3 is 5.97 Å². The van der Waals surface area contributed by atoms with Gasteiger partial charge in [0.2, 0.25) is 5.89 Å². The molecule has 96 valence electrons. The fourth-order valence-electron chi connectivity index (χ4n) is 2.00. The number of aromatic carboxylic acids is 1. The van der Waals surface area contributed by atoms with E-state index in [0.717, 1.165) is 17.1 Å². The average Bonchev–Trinajstić information content (AvgIpc) is 2.73. The molecule has 5 nitrogen and oxygen atoms in total. The van der Waals surface area contributed by atoms with Crippen molar-refractivity contribution in [1.82, 2.24) is 9.55 Å². The van der Waals surface area contributed by atoms with Crippen LogP contribution in [0.25, 0.3) is 0 Å². The summed E-state index contributed by atoms with van der Waals surface area (Å²) < 4.78 is 7.42. The van der Waals surface area contributed by atoms with Crippen LogP contribution in [0.3, 0.4) is 0 Å². The second-order valence-electron chi connectivity index (χ2n) is 4.43. The van der Waals surface area contributed by atoms with E-state index >= 15 is 0 Å². The quantitative estimate of drug-likeness (QED) is 0.905. The van der Waals surface area contributed by atoms with E-state index in [4.69, 9.17) is 9.52 Å².